The van der Waals surface area contributed by atoms with E-state index < -0.39 is 0 Å². The van der Waals surface area contributed by atoms with Crippen LogP contribution in [0.1, 0.15) is 47.0 Å². The van der Waals surface area contributed by atoms with E-state index in [4.69, 9.17) is 0 Å². The van der Waals surface area contributed by atoms with Gasteiger partial charge in [-0.2, -0.15) is 0 Å². The molecule has 3 atom stereocenters. The van der Waals surface area contributed by atoms with Crippen LogP contribution in [0, 0.1) is 5.92 Å². The Morgan fingerprint density at radius 2 is 2.12 bits per heavy atom. The van der Waals surface area contributed by atoms with Crippen molar-refractivity contribution in [2.24, 2.45) is 5.92 Å². The van der Waals surface area contributed by atoms with Crippen LogP contribution in [0.5, 0.6) is 0 Å². The monoisotopic (exact) mass is 242 g/mol. The summed E-state index contributed by atoms with van der Waals surface area (Å²) in [5.74, 6) is 0.874. The van der Waals surface area contributed by atoms with E-state index in [0.717, 1.165) is 25.4 Å². The van der Waals surface area contributed by atoms with Gasteiger partial charge in [-0.25, -0.2) is 0 Å². The first kappa shape index (κ1) is 14.9. The Kier molecular flexibility index (Phi) is 5.90. The Bertz CT molecular complexity index is 222. The molecule has 0 aromatic rings. The van der Waals surface area contributed by atoms with Crippen LogP contribution in [0.2, 0.25) is 0 Å². The second-order valence-corrected chi connectivity index (χ2v) is 6.01. The van der Waals surface area contributed by atoms with Gasteiger partial charge in [0.25, 0.3) is 0 Å². The maximum Gasteiger partial charge on any atom is 0.0611 e. The molecule has 1 aliphatic rings. The lowest BCUT2D eigenvalue weighted by atomic mass is 9.92. The lowest BCUT2D eigenvalue weighted by Crippen LogP contribution is -2.49. The fourth-order valence-corrected chi connectivity index (χ4v) is 2.83. The van der Waals surface area contributed by atoms with Crippen molar-refractivity contribution < 1.29 is 5.11 Å². The number of hydrogen-bond acceptors (Lipinski definition) is 3. The fraction of sp³-hybridized carbons (Fsp3) is 1.00. The molecule has 0 bridgehead atoms. The van der Waals surface area contributed by atoms with Gasteiger partial charge in [-0.15, -0.1) is 0 Å². The van der Waals surface area contributed by atoms with Crippen molar-refractivity contribution in [3.05, 3.63) is 0 Å². The predicted octanol–water partition coefficient (Wildman–Crippen LogP) is 1.86. The molecule has 1 saturated heterocycles. The zero-order chi connectivity index (χ0) is 12.9. The Labute approximate surface area is 107 Å². The molecular weight excluding hydrogens is 212 g/mol. The van der Waals surface area contributed by atoms with Crippen molar-refractivity contribution in [1.29, 1.82) is 0 Å². The summed E-state index contributed by atoms with van der Waals surface area (Å²) in [5.41, 5.74) is -0.114. The molecule has 0 spiro atoms. The molecule has 102 valence electrons. The van der Waals surface area contributed by atoms with Crippen LogP contribution in [0.4, 0.5) is 0 Å². The molecule has 17 heavy (non-hydrogen) atoms. The van der Waals surface area contributed by atoms with E-state index in [1.807, 2.05) is 0 Å². The Morgan fingerprint density at radius 3 is 2.65 bits per heavy atom. The van der Waals surface area contributed by atoms with E-state index in [2.05, 4.69) is 37.9 Å². The third-order valence-corrected chi connectivity index (χ3v) is 4.18. The molecule has 1 aliphatic heterocycles. The minimum absolute atomic E-state index is 0.114. The first-order chi connectivity index (χ1) is 8.00. The average Bonchev–Trinajstić information content (AvgIpc) is 2.28. The first-order valence-electron chi connectivity index (χ1n) is 7.10. The quantitative estimate of drug-likeness (QED) is 0.746. The van der Waals surface area contributed by atoms with Crippen molar-refractivity contribution in [1.82, 2.24) is 10.2 Å². The van der Waals surface area contributed by atoms with E-state index >= 15 is 0 Å². The van der Waals surface area contributed by atoms with Gasteiger partial charge in [-0.1, -0.05) is 13.8 Å². The molecule has 0 saturated carbocycles. The standard InChI is InChI=1S/C14H30N2O/c1-5-15-14(4,11-17)7-9-16-8-6-12(2)10-13(16)3/h12-13,15,17H,5-11H2,1-4H3. The van der Waals surface area contributed by atoms with E-state index in [1.165, 1.54) is 19.4 Å². The summed E-state index contributed by atoms with van der Waals surface area (Å²) in [6.07, 6.45) is 3.66. The number of aliphatic hydroxyl groups excluding tert-OH is 1. The van der Waals surface area contributed by atoms with Crippen LogP contribution in [0.15, 0.2) is 0 Å². The molecule has 1 rings (SSSR count). The van der Waals surface area contributed by atoms with Crippen LogP contribution in [-0.2, 0) is 0 Å². The summed E-state index contributed by atoms with van der Waals surface area (Å²) in [5, 5.41) is 12.9. The van der Waals surface area contributed by atoms with Gasteiger partial charge in [0.05, 0.1) is 6.61 Å². The second-order valence-electron chi connectivity index (χ2n) is 6.01. The molecule has 1 fully saturated rings. The predicted molar refractivity (Wildman–Crippen MR) is 73.2 cm³/mol. The molecule has 0 amide bonds. The smallest absolute Gasteiger partial charge is 0.0611 e. The summed E-state index contributed by atoms with van der Waals surface area (Å²) < 4.78 is 0. The third kappa shape index (κ3) is 4.57. The summed E-state index contributed by atoms with van der Waals surface area (Å²) in [6.45, 7) is 12.4. The topological polar surface area (TPSA) is 35.5 Å². The molecule has 0 aromatic heterocycles. The van der Waals surface area contributed by atoms with Crippen molar-refractivity contribution >= 4 is 0 Å². The Morgan fingerprint density at radius 1 is 1.41 bits per heavy atom. The van der Waals surface area contributed by atoms with Gasteiger partial charge in [-0.05, 0) is 52.1 Å². The van der Waals surface area contributed by atoms with Gasteiger partial charge in [0, 0.05) is 18.1 Å². The number of likely N-dealkylation sites (tertiary alicyclic amines) is 1. The van der Waals surface area contributed by atoms with Gasteiger partial charge in [0.15, 0.2) is 0 Å². The molecular formula is C14H30N2O. The van der Waals surface area contributed by atoms with Gasteiger partial charge in [-0.3, -0.25) is 0 Å². The zero-order valence-electron chi connectivity index (χ0n) is 12.0. The molecule has 0 radical (unpaired) electrons. The molecule has 0 aromatic carbocycles. The van der Waals surface area contributed by atoms with Gasteiger partial charge >= 0.3 is 0 Å². The lowest BCUT2D eigenvalue weighted by Gasteiger charge is -2.39. The fourth-order valence-electron chi connectivity index (χ4n) is 2.83. The Balaban J connectivity index is 2.38. The van der Waals surface area contributed by atoms with E-state index in [0.29, 0.717) is 6.04 Å². The van der Waals surface area contributed by atoms with E-state index in [9.17, 15) is 5.11 Å². The average molecular weight is 242 g/mol. The van der Waals surface area contributed by atoms with Crippen LogP contribution in [-0.4, -0.2) is 47.8 Å². The molecule has 3 nitrogen and oxygen atoms in total. The highest BCUT2D eigenvalue weighted by atomic mass is 16.3. The SMILES string of the molecule is CCNC(C)(CO)CCN1CCC(C)CC1C. The van der Waals surface area contributed by atoms with Crippen molar-refractivity contribution in [2.45, 2.75) is 58.5 Å². The summed E-state index contributed by atoms with van der Waals surface area (Å²) >= 11 is 0. The number of rotatable bonds is 6. The molecule has 0 aliphatic carbocycles. The molecule has 1 heterocycles. The minimum atomic E-state index is -0.114. The summed E-state index contributed by atoms with van der Waals surface area (Å²) in [7, 11) is 0. The normalized spacial score (nSPS) is 30.2. The van der Waals surface area contributed by atoms with E-state index in [-0.39, 0.29) is 12.1 Å². The molecule has 2 N–H and O–H groups in total. The molecule has 3 heteroatoms. The minimum Gasteiger partial charge on any atom is -0.394 e. The first-order valence-corrected chi connectivity index (χ1v) is 7.10. The number of likely N-dealkylation sites (N-methyl/N-ethyl adjacent to an activating group) is 1. The Hall–Kier alpha value is -0.120. The number of piperidine rings is 1. The highest BCUT2D eigenvalue weighted by Crippen LogP contribution is 2.23. The van der Waals surface area contributed by atoms with Crippen LogP contribution < -0.4 is 5.32 Å². The van der Waals surface area contributed by atoms with Crippen molar-refractivity contribution in [3.63, 3.8) is 0 Å². The van der Waals surface area contributed by atoms with E-state index in [1.54, 1.807) is 0 Å². The zero-order valence-corrected chi connectivity index (χ0v) is 12.0. The largest absolute Gasteiger partial charge is 0.394 e. The van der Waals surface area contributed by atoms with Gasteiger partial charge in [0.2, 0.25) is 0 Å². The van der Waals surface area contributed by atoms with Crippen LogP contribution >= 0.6 is 0 Å². The highest BCUT2D eigenvalue weighted by Gasteiger charge is 2.27. The number of nitrogens with one attached hydrogen (secondary N) is 1. The van der Waals surface area contributed by atoms with Crippen LogP contribution in [0.25, 0.3) is 0 Å². The van der Waals surface area contributed by atoms with Crippen molar-refractivity contribution in [3.8, 4) is 0 Å². The van der Waals surface area contributed by atoms with Gasteiger partial charge in [0.1, 0.15) is 0 Å². The summed E-state index contributed by atoms with van der Waals surface area (Å²) in [4.78, 5) is 2.57. The number of hydrogen-bond donors (Lipinski definition) is 2. The highest BCUT2D eigenvalue weighted by molar-refractivity contribution is 4.85. The maximum atomic E-state index is 9.47. The van der Waals surface area contributed by atoms with Crippen molar-refractivity contribution in [2.75, 3.05) is 26.2 Å². The third-order valence-electron chi connectivity index (χ3n) is 4.18. The van der Waals surface area contributed by atoms with Crippen LogP contribution in [0.3, 0.4) is 0 Å². The second kappa shape index (κ2) is 6.72. The maximum absolute atomic E-state index is 9.47. The number of nitrogens with zero attached hydrogens (tertiary/aromatic N) is 1. The molecule has 3 unspecified atom stereocenters. The summed E-state index contributed by atoms with van der Waals surface area (Å²) in [6, 6.07) is 0.698. The van der Waals surface area contributed by atoms with Gasteiger partial charge < -0.3 is 15.3 Å². The number of aliphatic hydroxyl groups is 1. The lowest BCUT2D eigenvalue weighted by molar-refractivity contribution is 0.0986.